The molecule has 0 aromatic heterocycles. The molecule has 1 atom stereocenters. The van der Waals surface area contributed by atoms with Crippen molar-refractivity contribution in [3.05, 3.63) is 101 Å². The molecule has 1 aliphatic rings. The first-order chi connectivity index (χ1) is 17.3. The summed E-state index contributed by atoms with van der Waals surface area (Å²) in [5.41, 5.74) is 5.02. The molecule has 1 heterocycles. The van der Waals surface area contributed by atoms with E-state index in [0.29, 0.717) is 10.9 Å². The largest absolute Gasteiger partial charge is 0.497 e. The predicted octanol–water partition coefficient (Wildman–Crippen LogP) is 5.67. The van der Waals surface area contributed by atoms with Crippen LogP contribution in [0.3, 0.4) is 0 Å². The lowest BCUT2D eigenvalue weighted by molar-refractivity contribution is -0.119. The van der Waals surface area contributed by atoms with E-state index in [1.807, 2.05) is 87.5 Å². The summed E-state index contributed by atoms with van der Waals surface area (Å²) < 4.78 is 5.22. The Morgan fingerprint density at radius 1 is 1.06 bits per heavy atom. The maximum Gasteiger partial charge on any atom is 0.283 e. The standard InChI is InChI=1S/C29H29N3O3S/c1-19-14-20(2)16-24(15-19)32-28(34)26(17-22-10-12-25(35-4)13-11-22)31-29(32)36-18-27(33)30-21(3)23-8-6-5-7-9-23/h5-17,21H,18H2,1-4H3,(H,30,33)/b26-17+/t21-/m1/s1. The van der Waals surface area contributed by atoms with Gasteiger partial charge in [0.15, 0.2) is 5.17 Å². The predicted molar refractivity (Wildman–Crippen MR) is 147 cm³/mol. The molecule has 0 radical (unpaired) electrons. The molecule has 36 heavy (non-hydrogen) atoms. The van der Waals surface area contributed by atoms with Crippen LogP contribution in [0.4, 0.5) is 5.69 Å². The Balaban J connectivity index is 1.57. The molecule has 1 N–H and O–H groups in total. The van der Waals surface area contributed by atoms with Crippen molar-refractivity contribution >= 4 is 40.5 Å². The second-order valence-corrected chi connectivity index (χ2v) is 9.61. The molecule has 0 fully saturated rings. The van der Waals surface area contributed by atoms with Gasteiger partial charge in [-0.25, -0.2) is 4.99 Å². The van der Waals surface area contributed by atoms with Crippen LogP contribution in [0.25, 0.3) is 6.08 Å². The zero-order valence-corrected chi connectivity index (χ0v) is 21.6. The highest BCUT2D eigenvalue weighted by Gasteiger charge is 2.32. The van der Waals surface area contributed by atoms with Crippen LogP contribution in [-0.2, 0) is 9.59 Å². The number of carbonyl (C=O) groups excluding carboxylic acids is 2. The van der Waals surface area contributed by atoms with Gasteiger partial charge in [-0.3, -0.25) is 14.5 Å². The normalized spacial score (nSPS) is 15.1. The van der Waals surface area contributed by atoms with Crippen molar-refractivity contribution in [1.29, 1.82) is 0 Å². The summed E-state index contributed by atoms with van der Waals surface area (Å²) >= 11 is 1.25. The zero-order valence-electron chi connectivity index (χ0n) is 20.8. The average molecular weight is 500 g/mol. The number of hydrogen-bond donors (Lipinski definition) is 1. The third kappa shape index (κ3) is 6.04. The number of aliphatic imine (C=N–C) groups is 1. The van der Waals surface area contributed by atoms with Gasteiger partial charge >= 0.3 is 0 Å². The number of benzene rings is 3. The van der Waals surface area contributed by atoms with Crippen molar-refractivity contribution in [1.82, 2.24) is 5.32 Å². The molecule has 1 aliphatic heterocycles. The van der Waals surface area contributed by atoms with E-state index >= 15 is 0 Å². The Kier molecular flexibility index (Phi) is 7.90. The molecule has 0 saturated carbocycles. The van der Waals surface area contributed by atoms with Gasteiger partial charge in [0.2, 0.25) is 5.91 Å². The number of amides is 2. The molecule has 6 nitrogen and oxygen atoms in total. The van der Waals surface area contributed by atoms with Gasteiger partial charge in [-0.05, 0) is 73.4 Å². The molecular weight excluding hydrogens is 470 g/mol. The first kappa shape index (κ1) is 25.3. The molecule has 0 aliphatic carbocycles. The van der Waals surface area contributed by atoms with E-state index in [4.69, 9.17) is 4.74 Å². The molecule has 0 unspecified atom stereocenters. The summed E-state index contributed by atoms with van der Waals surface area (Å²) in [7, 11) is 1.61. The molecule has 3 aromatic carbocycles. The zero-order chi connectivity index (χ0) is 25.7. The highest BCUT2D eigenvalue weighted by Crippen LogP contribution is 2.31. The number of anilines is 1. The second-order valence-electron chi connectivity index (χ2n) is 8.67. The van der Waals surface area contributed by atoms with Crippen LogP contribution in [0.1, 0.15) is 35.2 Å². The van der Waals surface area contributed by atoms with Gasteiger partial charge in [0, 0.05) is 0 Å². The molecule has 0 bridgehead atoms. The smallest absolute Gasteiger partial charge is 0.283 e. The summed E-state index contributed by atoms with van der Waals surface area (Å²) in [6.07, 6.45) is 1.75. The number of nitrogens with zero attached hydrogens (tertiary/aromatic N) is 2. The fourth-order valence-corrected chi connectivity index (χ4v) is 4.82. The van der Waals surface area contributed by atoms with Crippen molar-refractivity contribution in [3.8, 4) is 5.75 Å². The van der Waals surface area contributed by atoms with E-state index < -0.39 is 0 Å². The van der Waals surface area contributed by atoms with Crippen LogP contribution in [0, 0.1) is 13.8 Å². The number of hydrogen-bond acceptors (Lipinski definition) is 5. The van der Waals surface area contributed by atoms with Crippen LogP contribution in [0.2, 0.25) is 0 Å². The minimum atomic E-state index is -0.226. The first-order valence-electron chi connectivity index (χ1n) is 11.7. The van der Waals surface area contributed by atoms with Crippen LogP contribution < -0.4 is 15.0 Å². The minimum absolute atomic E-state index is 0.118. The number of amidine groups is 1. The molecule has 4 rings (SSSR count). The molecule has 7 heteroatoms. The minimum Gasteiger partial charge on any atom is -0.497 e. The molecule has 184 valence electrons. The number of rotatable bonds is 7. The van der Waals surface area contributed by atoms with Crippen LogP contribution in [-0.4, -0.2) is 29.8 Å². The summed E-state index contributed by atoms with van der Waals surface area (Å²) in [6, 6.07) is 23.1. The number of nitrogens with one attached hydrogen (secondary N) is 1. The third-order valence-corrected chi connectivity index (χ3v) is 6.66. The Hall–Kier alpha value is -3.84. The summed E-state index contributed by atoms with van der Waals surface area (Å²) in [4.78, 5) is 32.4. The van der Waals surface area contributed by atoms with Gasteiger partial charge in [-0.1, -0.05) is 60.3 Å². The quantitative estimate of drug-likeness (QED) is 0.426. The van der Waals surface area contributed by atoms with Crippen molar-refractivity contribution in [2.24, 2.45) is 4.99 Å². The SMILES string of the molecule is COc1ccc(/C=C2/N=C(SCC(=O)N[C@H](C)c3ccccc3)N(c3cc(C)cc(C)c3)C2=O)cc1. The Morgan fingerprint density at radius 3 is 2.36 bits per heavy atom. The molecular formula is C29H29N3O3S. The van der Waals surface area contributed by atoms with E-state index in [-0.39, 0.29) is 23.6 Å². The lowest BCUT2D eigenvalue weighted by Crippen LogP contribution is -2.33. The monoisotopic (exact) mass is 499 g/mol. The number of aryl methyl sites for hydroxylation is 2. The van der Waals surface area contributed by atoms with E-state index in [2.05, 4.69) is 16.4 Å². The number of thioether (sulfide) groups is 1. The maximum atomic E-state index is 13.5. The fraction of sp³-hybridized carbons (Fsp3) is 0.207. The van der Waals surface area contributed by atoms with Crippen LogP contribution in [0.15, 0.2) is 83.5 Å². The number of methoxy groups -OCH3 is 1. The maximum absolute atomic E-state index is 13.5. The second kappa shape index (κ2) is 11.3. The van der Waals surface area contributed by atoms with E-state index in [1.54, 1.807) is 18.1 Å². The van der Waals surface area contributed by atoms with Gasteiger partial charge < -0.3 is 10.1 Å². The van der Waals surface area contributed by atoms with E-state index in [9.17, 15) is 9.59 Å². The molecule has 3 aromatic rings. The highest BCUT2D eigenvalue weighted by atomic mass is 32.2. The molecule has 0 spiro atoms. The fourth-order valence-electron chi connectivity index (χ4n) is 4.00. The Morgan fingerprint density at radius 2 is 1.72 bits per heavy atom. The summed E-state index contributed by atoms with van der Waals surface area (Å²) in [5.74, 6) is 0.526. The van der Waals surface area contributed by atoms with E-state index in [0.717, 1.165) is 33.7 Å². The highest BCUT2D eigenvalue weighted by molar-refractivity contribution is 8.14. The van der Waals surface area contributed by atoms with Crippen molar-refractivity contribution < 1.29 is 14.3 Å². The number of carbonyl (C=O) groups is 2. The average Bonchev–Trinajstić information content (AvgIpc) is 3.17. The van der Waals surface area contributed by atoms with Crippen molar-refractivity contribution in [3.63, 3.8) is 0 Å². The Labute approximate surface area is 216 Å². The van der Waals surface area contributed by atoms with Gasteiger partial charge in [0.1, 0.15) is 11.4 Å². The van der Waals surface area contributed by atoms with Gasteiger partial charge in [-0.2, -0.15) is 0 Å². The molecule has 0 saturated heterocycles. The van der Waals surface area contributed by atoms with Crippen molar-refractivity contribution in [2.75, 3.05) is 17.8 Å². The first-order valence-corrected chi connectivity index (χ1v) is 12.7. The molecule has 2 amide bonds. The summed E-state index contributed by atoms with van der Waals surface area (Å²) in [5, 5.41) is 3.50. The summed E-state index contributed by atoms with van der Waals surface area (Å²) in [6.45, 7) is 5.94. The van der Waals surface area contributed by atoms with Crippen LogP contribution in [0.5, 0.6) is 5.75 Å². The number of ether oxygens (including phenoxy) is 1. The Bertz CT molecular complexity index is 1300. The van der Waals surface area contributed by atoms with Gasteiger partial charge in [0.25, 0.3) is 5.91 Å². The van der Waals surface area contributed by atoms with Gasteiger partial charge in [0.05, 0.1) is 24.6 Å². The van der Waals surface area contributed by atoms with E-state index in [1.165, 1.54) is 11.8 Å². The third-order valence-electron chi connectivity index (χ3n) is 5.72. The topological polar surface area (TPSA) is 71.0 Å². The lowest BCUT2D eigenvalue weighted by Gasteiger charge is -2.19. The van der Waals surface area contributed by atoms with Gasteiger partial charge in [-0.15, -0.1) is 0 Å². The van der Waals surface area contributed by atoms with Crippen LogP contribution >= 0.6 is 11.8 Å². The van der Waals surface area contributed by atoms with Crippen molar-refractivity contribution in [2.45, 2.75) is 26.8 Å². The lowest BCUT2D eigenvalue weighted by atomic mass is 10.1.